The molecule has 2 aromatic carbocycles. The van der Waals surface area contributed by atoms with E-state index >= 15 is 0 Å². The van der Waals surface area contributed by atoms with Crippen LogP contribution in [0.1, 0.15) is 16.1 Å². The van der Waals surface area contributed by atoms with Crippen LogP contribution in [0.25, 0.3) is 0 Å². The van der Waals surface area contributed by atoms with E-state index in [4.69, 9.17) is 0 Å². The number of amides is 1. The van der Waals surface area contributed by atoms with Gasteiger partial charge in [0.2, 0.25) is 0 Å². The Morgan fingerprint density at radius 3 is 2.47 bits per heavy atom. The lowest BCUT2D eigenvalue weighted by Crippen LogP contribution is -2.48. The number of nitrogens with zero attached hydrogens (tertiary/aromatic N) is 3. The SMILES string of the molecule is Cc1cccc(N2CCN(C(=O)c3csc(NS(=O)(=O)c4ccccc4)n3)CC2)c1. The van der Waals surface area contributed by atoms with Gasteiger partial charge < -0.3 is 9.80 Å². The zero-order valence-electron chi connectivity index (χ0n) is 16.5. The first-order chi connectivity index (χ1) is 14.4. The molecular formula is C21H22N4O3S2. The van der Waals surface area contributed by atoms with E-state index in [1.54, 1.807) is 28.5 Å². The quantitative estimate of drug-likeness (QED) is 0.656. The molecule has 0 aliphatic carbocycles. The van der Waals surface area contributed by atoms with Crippen molar-refractivity contribution < 1.29 is 13.2 Å². The maximum atomic E-state index is 12.8. The van der Waals surface area contributed by atoms with Crippen LogP contribution in [0, 0.1) is 6.92 Å². The Bertz CT molecular complexity index is 1140. The lowest BCUT2D eigenvalue weighted by Gasteiger charge is -2.36. The summed E-state index contributed by atoms with van der Waals surface area (Å²) in [6.07, 6.45) is 0. The zero-order valence-corrected chi connectivity index (χ0v) is 18.1. The standard InChI is InChI=1S/C21H22N4O3S2/c1-16-6-5-7-17(14-16)24-10-12-25(13-11-24)20(26)19-15-29-21(22-19)23-30(27,28)18-8-3-2-4-9-18/h2-9,14-15H,10-13H2,1H3,(H,22,23). The fraction of sp³-hybridized carbons (Fsp3) is 0.238. The van der Waals surface area contributed by atoms with Crippen molar-refractivity contribution in [2.24, 2.45) is 0 Å². The summed E-state index contributed by atoms with van der Waals surface area (Å²) in [5.41, 5.74) is 2.63. The zero-order chi connectivity index (χ0) is 21.1. The lowest BCUT2D eigenvalue weighted by atomic mass is 10.2. The van der Waals surface area contributed by atoms with Gasteiger partial charge in [-0.1, -0.05) is 30.3 Å². The molecule has 30 heavy (non-hydrogen) atoms. The number of aromatic nitrogens is 1. The monoisotopic (exact) mass is 442 g/mol. The number of piperazine rings is 1. The van der Waals surface area contributed by atoms with Crippen LogP contribution in [0.15, 0.2) is 64.9 Å². The van der Waals surface area contributed by atoms with Gasteiger partial charge in [-0.25, -0.2) is 13.4 Å². The van der Waals surface area contributed by atoms with Crippen molar-refractivity contribution in [1.82, 2.24) is 9.88 Å². The van der Waals surface area contributed by atoms with Crippen LogP contribution in [0.4, 0.5) is 10.8 Å². The minimum absolute atomic E-state index is 0.153. The molecule has 7 nitrogen and oxygen atoms in total. The van der Waals surface area contributed by atoms with E-state index in [1.165, 1.54) is 17.7 Å². The minimum Gasteiger partial charge on any atom is -0.368 e. The normalized spacial score (nSPS) is 14.6. The average molecular weight is 443 g/mol. The summed E-state index contributed by atoms with van der Waals surface area (Å²) in [6.45, 7) is 4.74. The van der Waals surface area contributed by atoms with Crippen molar-refractivity contribution in [3.05, 3.63) is 71.2 Å². The number of nitrogens with one attached hydrogen (secondary N) is 1. The number of hydrogen-bond donors (Lipinski definition) is 1. The molecule has 0 atom stereocenters. The molecule has 9 heteroatoms. The van der Waals surface area contributed by atoms with Crippen LogP contribution in [0.3, 0.4) is 0 Å². The van der Waals surface area contributed by atoms with Gasteiger partial charge in [-0.2, -0.15) is 0 Å². The molecule has 1 aromatic heterocycles. The molecule has 0 spiro atoms. The van der Waals surface area contributed by atoms with Crippen molar-refractivity contribution in [1.29, 1.82) is 0 Å². The molecule has 1 aliphatic heterocycles. The largest absolute Gasteiger partial charge is 0.368 e. The van der Waals surface area contributed by atoms with Crippen molar-refractivity contribution >= 4 is 38.1 Å². The van der Waals surface area contributed by atoms with Gasteiger partial charge in [0, 0.05) is 37.2 Å². The molecule has 0 saturated carbocycles. The van der Waals surface area contributed by atoms with Gasteiger partial charge in [0.05, 0.1) is 4.90 Å². The number of aryl methyl sites for hydroxylation is 1. The van der Waals surface area contributed by atoms with Crippen LogP contribution in [0.5, 0.6) is 0 Å². The maximum Gasteiger partial charge on any atom is 0.273 e. The number of thiazole rings is 1. The fourth-order valence-corrected chi connectivity index (χ4v) is 5.30. The van der Waals surface area contributed by atoms with Gasteiger partial charge in [-0.15, -0.1) is 11.3 Å². The molecule has 1 N–H and O–H groups in total. The Hall–Kier alpha value is -2.91. The third-order valence-corrected chi connectivity index (χ3v) is 7.17. The second kappa shape index (κ2) is 8.45. The molecular weight excluding hydrogens is 420 g/mol. The van der Waals surface area contributed by atoms with E-state index in [9.17, 15) is 13.2 Å². The van der Waals surface area contributed by atoms with Gasteiger partial charge in [0.15, 0.2) is 5.13 Å². The molecule has 1 amide bonds. The minimum atomic E-state index is -3.73. The smallest absolute Gasteiger partial charge is 0.273 e. The molecule has 1 saturated heterocycles. The summed E-state index contributed by atoms with van der Waals surface area (Å²) in [5.74, 6) is -0.180. The highest BCUT2D eigenvalue weighted by atomic mass is 32.2. The predicted octanol–water partition coefficient (Wildman–Crippen LogP) is 3.21. The lowest BCUT2D eigenvalue weighted by molar-refractivity contribution is 0.0742. The van der Waals surface area contributed by atoms with E-state index in [2.05, 4.69) is 39.7 Å². The number of sulfonamides is 1. The average Bonchev–Trinajstić information content (AvgIpc) is 3.22. The first kappa shape index (κ1) is 20.4. The second-order valence-corrected chi connectivity index (χ2v) is 9.62. The number of rotatable bonds is 5. The first-order valence-electron chi connectivity index (χ1n) is 9.57. The number of benzene rings is 2. The summed E-state index contributed by atoms with van der Waals surface area (Å²) >= 11 is 1.10. The van der Waals surface area contributed by atoms with Gasteiger partial charge in [0.1, 0.15) is 5.69 Å². The van der Waals surface area contributed by atoms with Crippen molar-refractivity contribution in [3.8, 4) is 0 Å². The van der Waals surface area contributed by atoms with E-state index in [0.29, 0.717) is 13.1 Å². The molecule has 1 fully saturated rings. The van der Waals surface area contributed by atoms with E-state index in [0.717, 1.165) is 30.1 Å². The van der Waals surface area contributed by atoms with Crippen molar-refractivity contribution in [2.45, 2.75) is 11.8 Å². The van der Waals surface area contributed by atoms with Gasteiger partial charge in [0.25, 0.3) is 15.9 Å². The summed E-state index contributed by atoms with van der Waals surface area (Å²) in [5, 5.41) is 1.78. The molecule has 1 aliphatic rings. The summed E-state index contributed by atoms with van der Waals surface area (Å²) in [6, 6.07) is 16.4. The van der Waals surface area contributed by atoms with Crippen molar-refractivity contribution in [2.75, 3.05) is 35.8 Å². The van der Waals surface area contributed by atoms with Crippen LogP contribution in [-0.4, -0.2) is 50.4 Å². The first-order valence-corrected chi connectivity index (χ1v) is 11.9. The van der Waals surface area contributed by atoms with Crippen molar-refractivity contribution in [3.63, 3.8) is 0 Å². The molecule has 156 valence electrons. The third-order valence-electron chi connectivity index (χ3n) is 4.93. The van der Waals surface area contributed by atoms with Crippen LogP contribution >= 0.6 is 11.3 Å². The highest BCUT2D eigenvalue weighted by Gasteiger charge is 2.25. The van der Waals surface area contributed by atoms with Gasteiger partial charge in [-0.3, -0.25) is 9.52 Å². The second-order valence-electron chi connectivity index (χ2n) is 7.07. The molecule has 2 heterocycles. The van der Waals surface area contributed by atoms with Crippen LogP contribution in [0.2, 0.25) is 0 Å². The Labute approximate surface area is 180 Å². The van der Waals surface area contributed by atoms with E-state index < -0.39 is 10.0 Å². The molecule has 0 radical (unpaired) electrons. The fourth-order valence-electron chi connectivity index (χ4n) is 3.35. The van der Waals surface area contributed by atoms with Crippen LogP contribution < -0.4 is 9.62 Å². The molecule has 0 unspecified atom stereocenters. The number of carbonyl (C=O) groups excluding carboxylic acids is 1. The Morgan fingerprint density at radius 2 is 1.77 bits per heavy atom. The molecule has 3 aromatic rings. The highest BCUT2D eigenvalue weighted by Crippen LogP contribution is 2.22. The number of carbonyl (C=O) groups is 1. The summed E-state index contributed by atoms with van der Waals surface area (Å²) < 4.78 is 27.3. The van der Waals surface area contributed by atoms with Crippen LogP contribution in [-0.2, 0) is 10.0 Å². The topological polar surface area (TPSA) is 82.6 Å². The van der Waals surface area contributed by atoms with Gasteiger partial charge in [-0.05, 0) is 36.8 Å². The number of anilines is 2. The Morgan fingerprint density at radius 1 is 1.03 bits per heavy atom. The van der Waals surface area contributed by atoms with Gasteiger partial charge >= 0.3 is 0 Å². The summed E-state index contributed by atoms with van der Waals surface area (Å²) in [4.78, 5) is 21.2. The summed E-state index contributed by atoms with van der Waals surface area (Å²) in [7, 11) is -3.73. The predicted molar refractivity (Wildman–Crippen MR) is 119 cm³/mol. The highest BCUT2D eigenvalue weighted by molar-refractivity contribution is 7.93. The van der Waals surface area contributed by atoms with E-state index in [-0.39, 0.29) is 21.6 Å². The molecule has 0 bridgehead atoms. The number of hydrogen-bond acceptors (Lipinski definition) is 6. The maximum absolute atomic E-state index is 12.8. The Kier molecular flexibility index (Phi) is 5.74. The molecule has 4 rings (SSSR count). The third kappa shape index (κ3) is 4.47. The van der Waals surface area contributed by atoms with E-state index in [1.807, 2.05) is 6.07 Å². The Balaban J connectivity index is 1.39.